The van der Waals surface area contributed by atoms with Crippen LogP contribution in [0.3, 0.4) is 0 Å². The summed E-state index contributed by atoms with van der Waals surface area (Å²) < 4.78 is 38.0. The van der Waals surface area contributed by atoms with Gasteiger partial charge in [-0.15, -0.1) is 0 Å². The van der Waals surface area contributed by atoms with E-state index >= 15 is 0 Å². The third kappa shape index (κ3) is 4.95. The second-order valence-corrected chi connectivity index (χ2v) is 7.36. The van der Waals surface area contributed by atoms with Crippen molar-refractivity contribution in [1.29, 1.82) is 5.53 Å². The van der Waals surface area contributed by atoms with E-state index in [1.807, 2.05) is 6.92 Å². The molecule has 16 heteroatoms. The van der Waals surface area contributed by atoms with E-state index in [9.17, 15) is 14.3 Å². The van der Waals surface area contributed by atoms with Crippen LogP contribution < -0.4 is 22.1 Å². The molecule has 3 heterocycles. The van der Waals surface area contributed by atoms with Crippen LogP contribution in [0.1, 0.15) is 13.2 Å². The van der Waals surface area contributed by atoms with E-state index in [1.165, 1.54) is 18.0 Å². The number of rotatable bonds is 6. The van der Waals surface area contributed by atoms with Crippen molar-refractivity contribution in [3.05, 3.63) is 16.7 Å². The van der Waals surface area contributed by atoms with E-state index in [0.717, 1.165) is 7.11 Å². The Labute approximate surface area is 164 Å². The SMILES string of the molecule is COC1[C@@H](COP(=O)([O-])OC)O[C@@H](n2cnc3c(=O)oc(N)nc32)[C@H]1C.N=NN. The molecular formula is C13H21N7O8P-. The summed E-state index contributed by atoms with van der Waals surface area (Å²) in [7, 11) is -1.92. The van der Waals surface area contributed by atoms with Gasteiger partial charge in [0.25, 0.3) is 13.8 Å². The maximum absolute atomic E-state index is 11.8. The minimum absolute atomic E-state index is 0.00658. The highest BCUT2D eigenvalue weighted by Crippen LogP contribution is 2.41. The van der Waals surface area contributed by atoms with Crippen LogP contribution in [0.25, 0.3) is 11.2 Å². The number of nitrogens with zero attached hydrogens (tertiary/aromatic N) is 4. The Morgan fingerprint density at radius 1 is 1.48 bits per heavy atom. The molecular weight excluding hydrogens is 413 g/mol. The molecule has 1 saturated heterocycles. The van der Waals surface area contributed by atoms with Gasteiger partial charge in [-0.2, -0.15) is 10.5 Å². The zero-order chi connectivity index (χ0) is 21.8. The van der Waals surface area contributed by atoms with Gasteiger partial charge in [-0.25, -0.2) is 9.78 Å². The van der Waals surface area contributed by atoms with Gasteiger partial charge in [-0.05, 0) is 0 Å². The Morgan fingerprint density at radius 2 is 2.14 bits per heavy atom. The van der Waals surface area contributed by atoms with Crippen molar-refractivity contribution in [3.63, 3.8) is 0 Å². The van der Waals surface area contributed by atoms with E-state index in [0.29, 0.717) is 0 Å². The number of imidazole rings is 1. The van der Waals surface area contributed by atoms with E-state index in [4.69, 9.17) is 29.7 Å². The van der Waals surface area contributed by atoms with E-state index < -0.39 is 31.9 Å². The van der Waals surface area contributed by atoms with E-state index in [1.54, 1.807) is 0 Å². The first kappa shape index (κ1) is 22.9. The standard InChI is InChI=1S/C13H19N4O8P.H3N3/c1-6-9(21-2)7(4-23-26(19,20)22-3)24-11(6)17-5-15-8-10(17)16-13(14)25-12(8)18;1-3-2/h5-7,9,11H,4H2,1-3H3,(H2,14,16)(H,19,20);(H3,1,2)/p-1/t6-,7+,9?,11+;/m0./s1. The molecule has 2 aromatic heterocycles. The van der Waals surface area contributed by atoms with Crippen molar-refractivity contribution in [2.45, 2.75) is 25.4 Å². The van der Waals surface area contributed by atoms with Crippen LogP contribution in [0.5, 0.6) is 0 Å². The lowest BCUT2D eigenvalue weighted by atomic mass is 10.0. The van der Waals surface area contributed by atoms with Crippen molar-refractivity contribution in [1.82, 2.24) is 14.5 Å². The fourth-order valence-corrected chi connectivity index (χ4v) is 3.42. The lowest BCUT2D eigenvalue weighted by Crippen LogP contribution is -2.31. The van der Waals surface area contributed by atoms with Crippen LogP contribution in [-0.2, 0) is 23.1 Å². The first-order valence-corrected chi connectivity index (χ1v) is 9.54. The lowest BCUT2D eigenvalue weighted by molar-refractivity contribution is -0.226. The molecule has 1 fully saturated rings. The molecule has 0 aromatic carbocycles. The van der Waals surface area contributed by atoms with Gasteiger partial charge in [0.15, 0.2) is 11.2 Å². The highest BCUT2D eigenvalue weighted by molar-refractivity contribution is 7.45. The molecule has 3 rings (SSSR count). The molecule has 0 amide bonds. The molecule has 0 radical (unpaired) electrons. The number of hydrogen-bond acceptors (Lipinski definition) is 13. The first-order valence-electron chi connectivity index (χ1n) is 8.08. The van der Waals surface area contributed by atoms with Gasteiger partial charge in [-0.3, -0.25) is 9.13 Å². The fraction of sp³-hybridized carbons (Fsp3) is 0.615. The number of phosphoric acid groups is 1. The van der Waals surface area contributed by atoms with Crippen molar-refractivity contribution in [2.24, 2.45) is 17.0 Å². The topological polar surface area (TPSA) is 226 Å². The minimum atomic E-state index is -4.40. The first-order chi connectivity index (χ1) is 13.7. The molecule has 15 nitrogen and oxygen atoms in total. The predicted octanol–water partition coefficient (Wildman–Crippen LogP) is -0.462. The summed E-state index contributed by atoms with van der Waals surface area (Å²) in [6.45, 7) is 1.55. The van der Waals surface area contributed by atoms with E-state index in [-0.39, 0.29) is 29.7 Å². The lowest BCUT2D eigenvalue weighted by Gasteiger charge is -2.24. The number of fused-ring (bicyclic) bond motifs is 1. The Morgan fingerprint density at radius 3 is 2.72 bits per heavy atom. The number of aromatic nitrogens is 3. The minimum Gasteiger partial charge on any atom is -0.756 e. The molecule has 0 spiro atoms. The van der Waals surface area contributed by atoms with Gasteiger partial charge >= 0.3 is 5.63 Å². The van der Waals surface area contributed by atoms with Gasteiger partial charge < -0.3 is 39.4 Å². The number of methoxy groups -OCH3 is 1. The predicted molar refractivity (Wildman–Crippen MR) is 94.3 cm³/mol. The number of nitrogen functional groups attached to an aromatic ring is 1. The molecule has 2 aromatic rings. The molecule has 162 valence electrons. The average molecular weight is 434 g/mol. The van der Waals surface area contributed by atoms with Crippen LogP contribution in [0.2, 0.25) is 0 Å². The van der Waals surface area contributed by atoms with Gasteiger partial charge in [-0.1, -0.05) is 12.1 Å². The summed E-state index contributed by atoms with van der Waals surface area (Å²) in [5, 5.41) is 2.25. The zero-order valence-electron chi connectivity index (χ0n) is 15.8. The van der Waals surface area contributed by atoms with Crippen LogP contribution in [0, 0.1) is 11.4 Å². The van der Waals surface area contributed by atoms with Crippen molar-refractivity contribution < 1.29 is 32.4 Å². The van der Waals surface area contributed by atoms with Gasteiger partial charge in [0.2, 0.25) is 0 Å². The normalized spacial score (nSPS) is 25.9. The summed E-state index contributed by atoms with van der Waals surface area (Å²) in [5.74, 6) is 3.90. The van der Waals surface area contributed by atoms with Crippen molar-refractivity contribution in [3.8, 4) is 0 Å². The molecule has 29 heavy (non-hydrogen) atoms. The fourth-order valence-electron chi connectivity index (χ4n) is 2.98. The molecule has 2 unspecified atom stereocenters. The molecule has 1 aliphatic rings. The Hall–Kier alpha value is -2.42. The number of phosphoric ester groups is 1. The summed E-state index contributed by atoms with van der Waals surface area (Å²) >= 11 is 0. The summed E-state index contributed by atoms with van der Waals surface area (Å²) in [6.07, 6.45) is -0.446. The quantitative estimate of drug-likeness (QED) is 0.227. The molecule has 0 bridgehead atoms. The monoisotopic (exact) mass is 434 g/mol. The summed E-state index contributed by atoms with van der Waals surface area (Å²) in [4.78, 5) is 31.2. The summed E-state index contributed by atoms with van der Waals surface area (Å²) in [5.41, 5.74) is 10.6. The van der Waals surface area contributed by atoms with Gasteiger partial charge in [0.05, 0.1) is 19.0 Å². The van der Waals surface area contributed by atoms with Crippen LogP contribution >= 0.6 is 7.82 Å². The van der Waals surface area contributed by atoms with E-state index in [2.05, 4.69) is 25.6 Å². The molecule has 5 N–H and O–H groups in total. The number of anilines is 1. The average Bonchev–Trinajstić information content (AvgIpc) is 3.21. The van der Waals surface area contributed by atoms with Crippen LogP contribution in [-0.4, -0.2) is 47.6 Å². The maximum Gasteiger partial charge on any atom is 0.368 e. The van der Waals surface area contributed by atoms with Crippen LogP contribution in [0.4, 0.5) is 6.01 Å². The highest BCUT2D eigenvalue weighted by Gasteiger charge is 2.44. The van der Waals surface area contributed by atoms with Crippen LogP contribution in [0.15, 0.2) is 20.8 Å². The molecule has 0 aliphatic carbocycles. The van der Waals surface area contributed by atoms with Gasteiger partial charge in [0.1, 0.15) is 12.3 Å². The smallest absolute Gasteiger partial charge is 0.368 e. The Kier molecular flexibility index (Phi) is 7.40. The highest BCUT2D eigenvalue weighted by atomic mass is 31.2. The van der Waals surface area contributed by atoms with Crippen molar-refractivity contribution in [2.75, 3.05) is 26.6 Å². The molecule has 5 atom stereocenters. The second kappa shape index (κ2) is 9.39. The van der Waals surface area contributed by atoms with Crippen molar-refractivity contribution >= 4 is 25.0 Å². The number of ether oxygens (including phenoxy) is 2. The zero-order valence-corrected chi connectivity index (χ0v) is 16.6. The third-order valence-corrected chi connectivity index (χ3v) is 5.10. The van der Waals surface area contributed by atoms with Gasteiger partial charge in [0, 0.05) is 20.1 Å². The Balaban J connectivity index is 0.000000941. The third-order valence-electron chi connectivity index (χ3n) is 4.19. The maximum atomic E-state index is 11.8. The number of hydrogen-bond donors (Lipinski definition) is 3. The number of nitrogens with one attached hydrogen (secondary N) is 1. The second-order valence-electron chi connectivity index (χ2n) is 5.84. The molecule has 1 aliphatic heterocycles. The molecule has 0 saturated carbocycles. The summed E-state index contributed by atoms with van der Waals surface area (Å²) in [6, 6.07) is -0.300. The Bertz CT molecular complexity index is 949. The largest absolute Gasteiger partial charge is 0.756 e. The number of nitrogens with two attached hydrogens (primary N) is 2.